The molecule has 4 nitrogen and oxygen atoms in total. The molecule has 82 valence electrons. The van der Waals surface area contributed by atoms with E-state index in [0.717, 1.165) is 5.56 Å². The normalized spacial score (nSPS) is 16.8. The molecule has 1 rings (SSSR count). The lowest BCUT2D eigenvalue weighted by Crippen LogP contribution is -2.42. The summed E-state index contributed by atoms with van der Waals surface area (Å²) in [6.45, 7) is 3.03. The average Bonchev–Trinajstić information content (AvgIpc) is 2.16. The van der Waals surface area contributed by atoms with Crippen molar-refractivity contribution in [2.45, 2.75) is 25.6 Å². The number of benzene rings is 1. The molecule has 0 fully saturated rings. The summed E-state index contributed by atoms with van der Waals surface area (Å²) < 4.78 is 0. The van der Waals surface area contributed by atoms with Crippen LogP contribution in [0.2, 0.25) is 0 Å². The van der Waals surface area contributed by atoms with Gasteiger partial charge < -0.3 is 15.3 Å². The van der Waals surface area contributed by atoms with E-state index < -0.39 is 17.7 Å². The number of carboxylic acid groups (broad SMARTS) is 1. The van der Waals surface area contributed by atoms with Gasteiger partial charge in [-0.2, -0.15) is 0 Å². The fourth-order valence-electron chi connectivity index (χ4n) is 1.53. The van der Waals surface area contributed by atoms with Crippen LogP contribution in [0.3, 0.4) is 0 Å². The Kier molecular flexibility index (Phi) is 3.12. The molecule has 0 bridgehead atoms. The Labute approximate surface area is 87.8 Å². The van der Waals surface area contributed by atoms with Gasteiger partial charge in [0.25, 0.3) is 0 Å². The molecule has 0 saturated carbocycles. The SMILES string of the molecule is Cc1ccccc1[C@](C)(O)[C@@H](O)C(=O)O. The zero-order chi connectivity index (χ0) is 11.6. The first-order valence-corrected chi connectivity index (χ1v) is 4.56. The van der Waals surface area contributed by atoms with Crippen molar-refractivity contribution in [3.63, 3.8) is 0 Å². The molecule has 2 atom stereocenters. The van der Waals surface area contributed by atoms with Crippen LogP contribution in [0.1, 0.15) is 18.1 Å². The van der Waals surface area contributed by atoms with E-state index in [2.05, 4.69) is 0 Å². The summed E-state index contributed by atoms with van der Waals surface area (Å²) >= 11 is 0. The highest BCUT2D eigenvalue weighted by molar-refractivity contribution is 5.74. The Hall–Kier alpha value is -1.39. The highest BCUT2D eigenvalue weighted by Gasteiger charge is 2.38. The molecule has 0 aromatic heterocycles. The second kappa shape index (κ2) is 4.00. The van der Waals surface area contributed by atoms with Gasteiger partial charge in [0, 0.05) is 0 Å². The van der Waals surface area contributed by atoms with E-state index >= 15 is 0 Å². The summed E-state index contributed by atoms with van der Waals surface area (Å²) in [6, 6.07) is 6.81. The van der Waals surface area contributed by atoms with Crippen LogP contribution < -0.4 is 0 Å². The number of hydrogen-bond donors (Lipinski definition) is 3. The van der Waals surface area contributed by atoms with E-state index in [0.29, 0.717) is 5.56 Å². The van der Waals surface area contributed by atoms with Crippen LogP contribution in [0.4, 0.5) is 0 Å². The van der Waals surface area contributed by atoms with Crippen molar-refractivity contribution in [3.8, 4) is 0 Å². The van der Waals surface area contributed by atoms with Gasteiger partial charge in [0.1, 0.15) is 5.60 Å². The third-order valence-electron chi connectivity index (χ3n) is 2.46. The molecule has 0 saturated heterocycles. The molecule has 0 radical (unpaired) electrons. The van der Waals surface area contributed by atoms with Gasteiger partial charge in [0.2, 0.25) is 0 Å². The molecule has 0 aliphatic rings. The fourth-order valence-corrected chi connectivity index (χ4v) is 1.53. The van der Waals surface area contributed by atoms with Crippen molar-refractivity contribution in [2.24, 2.45) is 0 Å². The molecule has 1 aromatic carbocycles. The van der Waals surface area contributed by atoms with Gasteiger partial charge in [-0.1, -0.05) is 24.3 Å². The topological polar surface area (TPSA) is 77.8 Å². The molecule has 0 amide bonds. The summed E-state index contributed by atoms with van der Waals surface area (Å²) in [4.78, 5) is 10.6. The van der Waals surface area contributed by atoms with E-state index in [1.807, 2.05) is 0 Å². The van der Waals surface area contributed by atoms with Crippen LogP contribution >= 0.6 is 0 Å². The molecule has 0 aliphatic heterocycles. The van der Waals surface area contributed by atoms with Crippen molar-refractivity contribution >= 4 is 5.97 Å². The zero-order valence-electron chi connectivity index (χ0n) is 8.64. The second-order valence-electron chi connectivity index (χ2n) is 3.70. The molecule has 3 N–H and O–H groups in total. The Morgan fingerprint density at radius 3 is 2.40 bits per heavy atom. The third kappa shape index (κ3) is 2.16. The Bertz CT molecular complexity index is 371. The van der Waals surface area contributed by atoms with Crippen LogP contribution in [0, 0.1) is 6.92 Å². The van der Waals surface area contributed by atoms with Crippen molar-refractivity contribution in [1.82, 2.24) is 0 Å². The first-order chi connectivity index (χ1) is 6.87. The maximum atomic E-state index is 10.6. The fraction of sp³-hybridized carbons (Fsp3) is 0.364. The molecule has 0 unspecified atom stereocenters. The van der Waals surface area contributed by atoms with E-state index in [1.54, 1.807) is 31.2 Å². The maximum Gasteiger partial charge on any atom is 0.335 e. The summed E-state index contributed by atoms with van der Waals surface area (Å²) in [7, 11) is 0. The van der Waals surface area contributed by atoms with Gasteiger partial charge in [-0.3, -0.25) is 0 Å². The van der Waals surface area contributed by atoms with Crippen LogP contribution in [0.5, 0.6) is 0 Å². The van der Waals surface area contributed by atoms with Gasteiger partial charge in [0.15, 0.2) is 6.10 Å². The molecule has 0 heterocycles. The molecule has 15 heavy (non-hydrogen) atoms. The largest absolute Gasteiger partial charge is 0.479 e. The summed E-state index contributed by atoms with van der Waals surface area (Å²) in [5, 5.41) is 28.0. The molecule has 1 aromatic rings. The standard InChI is InChI=1S/C11H14O4/c1-7-5-3-4-6-8(7)11(2,15)9(12)10(13)14/h3-6,9,12,15H,1-2H3,(H,13,14)/t9-,11-/m0/s1. The predicted octanol–water partition coefficient (Wildman–Crippen LogP) is 0.648. The van der Waals surface area contributed by atoms with Crippen molar-refractivity contribution < 1.29 is 20.1 Å². The zero-order valence-corrected chi connectivity index (χ0v) is 8.64. The Morgan fingerprint density at radius 1 is 1.40 bits per heavy atom. The van der Waals surface area contributed by atoms with Crippen molar-refractivity contribution in [1.29, 1.82) is 0 Å². The van der Waals surface area contributed by atoms with Crippen LogP contribution in [0.25, 0.3) is 0 Å². The minimum atomic E-state index is -1.83. The quantitative estimate of drug-likeness (QED) is 0.684. The van der Waals surface area contributed by atoms with Crippen LogP contribution in [0.15, 0.2) is 24.3 Å². The highest BCUT2D eigenvalue weighted by Crippen LogP contribution is 2.27. The lowest BCUT2D eigenvalue weighted by molar-refractivity contribution is -0.162. The van der Waals surface area contributed by atoms with Crippen LogP contribution in [-0.4, -0.2) is 27.4 Å². The third-order valence-corrected chi connectivity index (χ3v) is 2.46. The lowest BCUT2D eigenvalue weighted by Gasteiger charge is -2.28. The molecular weight excluding hydrogens is 196 g/mol. The van der Waals surface area contributed by atoms with Crippen molar-refractivity contribution in [3.05, 3.63) is 35.4 Å². The molecule has 0 spiro atoms. The van der Waals surface area contributed by atoms with Crippen molar-refractivity contribution in [2.75, 3.05) is 0 Å². The molecular formula is C11H14O4. The van der Waals surface area contributed by atoms with Crippen LogP contribution in [-0.2, 0) is 10.4 Å². The first-order valence-electron chi connectivity index (χ1n) is 4.56. The molecule has 0 aliphatic carbocycles. The minimum absolute atomic E-state index is 0.417. The minimum Gasteiger partial charge on any atom is -0.479 e. The number of carbonyl (C=O) groups is 1. The van der Waals surface area contributed by atoms with E-state index in [4.69, 9.17) is 5.11 Å². The maximum absolute atomic E-state index is 10.6. The number of hydrogen-bond acceptors (Lipinski definition) is 3. The smallest absolute Gasteiger partial charge is 0.335 e. The second-order valence-corrected chi connectivity index (χ2v) is 3.70. The van der Waals surface area contributed by atoms with E-state index in [1.165, 1.54) is 6.92 Å². The number of rotatable bonds is 3. The highest BCUT2D eigenvalue weighted by atomic mass is 16.4. The summed E-state index contributed by atoms with van der Waals surface area (Å²) in [5.41, 5.74) is -0.625. The van der Waals surface area contributed by atoms with E-state index in [-0.39, 0.29) is 0 Å². The summed E-state index contributed by atoms with van der Waals surface area (Å²) in [5.74, 6) is -1.44. The first kappa shape index (κ1) is 11.7. The number of carboxylic acids is 1. The predicted molar refractivity (Wildman–Crippen MR) is 54.4 cm³/mol. The number of aliphatic carboxylic acids is 1. The summed E-state index contributed by atoms with van der Waals surface area (Å²) in [6.07, 6.45) is -1.83. The van der Waals surface area contributed by atoms with Gasteiger partial charge in [0.05, 0.1) is 0 Å². The van der Waals surface area contributed by atoms with Gasteiger partial charge in [-0.15, -0.1) is 0 Å². The monoisotopic (exact) mass is 210 g/mol. The number of aliphatic hydroxyl groups excluding tert-OH is 1. The molecule has 4 heteroatoms. The van der Waals surface area contributed by atoms with Gasteiger partial charge in [-0.25, -0.2) is 4.79 Å². The van der Waals surface area contributed by atoms with Gasteiger partial charge >= 0.3 is 5.97 Å². The van der Waals surface area contributed by atoms with Gasteiger partial charge in [-0.05, 0) is 25.0 Å². The Morgan fingerprint density at radius 2 is 1.93 bits per heavy atom. The Balaban J connectivity index is 3.16. The van der Waals surface area contributed by atoms with E-state index in [9.17, 15) is 15.0 Å². The average molecular weight is 210 g/mol. The number of aliphatic hydroxyl groups is 2. The number of aryl methyl sites for hydroxylation is 1. The lowest BCUT2D eigenvalue weighted by atomic mass is 9.87.